The third kappa shape index (κ3) is 17.4. The maximum Gasteiger partial charge on any atom is 0.404 e. The fraction of sp³-hybridized carbons (Fsp3) is 0.545. The van der Waals surface area contributed by atoms with Gasteiger partial charge in [-0.1, -0.05) is 74.4 Å². The average molecular weight is 587 g/mol. The van der Waals surface area contributed by atoms with Crippen molar-refractivity contribution in [1.82, 2.24) is 5.32 Å². The van der Waals surface area contributed by atoms with Crippen molar-refractivity contribution in [3.63, 3.8) is 0 Å². The minimum absolute atomic E-state index is 0.0373. The Kier molecular flexibility index (Phi) is 17.8. The lowest BCUT2D eigenvalue weighted by Gasteiger charge is -2.22. The van der Waals surface area contributed by atoms with Crippen LogP contribution in [0.25, 0.3) is 0 Å². The lowest BCUT2D eigenvalue weighted by Crippen LogP contribution is -2.32. The summed E-state index contributed by atoms with van der Waals surface area (Å²) in [7, 11) is 0. The number of ether oxygens (including phenoxy) is 2. The summed E-state index contributed by atoms with van der Waals surface area (Å²) in [6.07, 6.45) is 16.4. The SMILES string of the molecule is CC(/C=C/NC(=O)CC(C)C)=C\[C@@H](C)[C@H]1C/C(C)=C/C=C/CC[C@H](OC(N)=O)[C@@H](O)/C=C/[C@@H](O)CCC/C=C/C(=O)O1. The molecule has 5 N–H and O–H groups in total. The van der Waals surface area contributed by atoms with Crippen LogP contribution >= 0.6 is 0 Å². The summed E-state index contributed by atoms with van der Waals surface area (Å²) in [6.45, 7) is 9.85. The molecule has 0 unspecified atom stereocenters. The average Bonchev–Trinajstić information content (AvgIpc) is 2.89. The Morgan fingerprint density at radius 3 is 2.60 bits per heavy atom. The van der Waals surface area contributed by atoms with E-state index in [1.165, 1.54) is 18.2 Å². The Labute approximate surface area is 250 Å². The number of esters is 1. The summed E-state index contributed by atoms with van der Waals surface area (Å²) in [5, 5.41) is 23.5. The number of aliphatic hydroxyl groups is 2. The molecule has 9 nitrogen and oxygen atoms in total. The van der Waals surface area contributed by atoms with Gasteiger partial charge in [0.2, 0.25) is 5.91 Å². The normalized spacial score (nSPS) is 28.1. The lowest BCUT2D eigenvalue weighted by atomic mass is 9.95. The molecule has 2 amide bonds. The molecule has 0 radical (unpaired) electrons. The van der Waals surface area contributed by atoms with Crippen molar-refractivity contribution < 1.29 is 34.1 Å². The molecule has 0 aliphatic carbocycles. The van der Waals surface area contributed by atoms with Crippen LogP contribution in [0.2, 0.25) is 0 Å². The third-order valence-electron chi connectivity index (χ3n) is 6.53. The van der Waals surface area contributed by atoms with Gasteiger partial charge >= 0.3 is 12.1 Å². The zero-order chi connectivity index (χ0) is 31.5. The molecule has 0 aromatic rings. The van der Waals surface area contributed by atoms with E-state index in [4.69, 9.17) is 15.2 Å². The van der Waals surface area contributed by atoms with Crippen LogP contribution in [0.5, 0.6) is 0 Å². The first-order valence-corrected chi connectivity index (χ1v) is 14.7. The van der Waals surface area contributed by atoms with E-state index in [1.807, 2.05) is 65.0 Å². The van der Waals surface area contributed by atoms with Gasteiger partial charge in [0.1, 0.15) is 18.3 Å². The van der Waals surface area contributed by atoms with Gasteiger partial charge in [-0.2, -0.15) is 0 Å². The Morgan fingerprint density at radius 2 is 1.90 bits per heavy atom. The highest BCUT2D eigenvalue weighted by Crippen LogP contribution is 2.21. The van der Waals surface area contributed by atoms with Crippen molar-refractivity contribution in [2.24, 2.45) is 17.6 Å². The first-order chi connectivity index (χ1) is 19.9. The standard InChI is InChI=1S/C33H50N2O7/c1-23(2)20-31(38)35-19-18-25(4)21-26(5)30-22-24(3)12-8-6-10-14-29(42-33(34)40)28(37)17-16-27(36)13-9-7-11-15-32(39)41-30/h6,8,11-12,15-19,21,23,26-30,36-37H,7,9-10,13-14,20,22H2,1-5H3,(H2,34,40)(H,35,38)/b8-6+,15-11+,17-16+,19-18+,24-12+,25-21+/t26-,27+,28+,29+,30-/m1/s1. The fourth-order valence-electron chi connectivity index (χ4n) is 4.31. The summed E-state index contributed by atoms with van der Waals surface area (Å²) in [4.78, 5) is 35.9. The highest BCUT2D eigenvalue weighted by Gasteiger charge is 2.21. The Hall–Kier alpha value is -3.43. The number of amides is 2. The van der Waals surface area contributed by atoms with E-state index in [9.17, 15) is 24.6 Å². The van der Waals surface area contributed by atoms with Gasteiger partial charge in [0.25, 0.3) is 0 Å². The Balaban J connectivity index is 3.07. The molecule has 1 heterocycles. The van der Waals surface area contributed by atoms with Crippen LogP contribution in [-0.2, 0) is 19.1 Å². The van der Waals surface area contributed by atoms with Gasteiger partial charge in [-0.15, -0.1) is 0 Å². The highest BCUT2D eigenvalue weighted by molar-refractivity contribution is 5.82. The van der Waals surface area contributed by atoms with Crippen LogP contribution in [0, 0.1) is 11.8 Å². The van der Waals surface area contributed by atoms with Crippen molar-refractivity contribution in [2.75, 3.05) is 0 Å². The smallest absolute Gasteiger partial charge is 0.404 e. The van der Waals surface area contributed by atoms with Crippen molar-refractivity contribution in [2.45, 2.75) is 104 Å². The summed E-state index contributed by atoms with van der Waals surface area (Å²) < 4.78 is 10.9. The van der Waals surface area contributed by atoms with E-state index in [-0.39, 0.29) is 17.7 Å². The number of nitrogens with two attached hydrogens (primary N) is 1. The van der Waals surface area contributed by atoms with Crippen LogP contribution < -0.4 is 11.1 Å². The van der Waals surface area contributed by atoms with Crippen LogP contribution in [-0.4, -0.2) is 52.6 Å². The van der Waals surface area contributed by atoms with Crippen LogP contribution in [0.4, 0.5) is 4.79 Å². The number of nitrogens with one attached hydrogen (secondary N) is 1. The van der Waals surface area contributed by atoms with Crippen LogP contribution in [0.15, 0.2) is 72.0 Å². The molecule has 0 aromatic carbocycles. The summed E-state index contributed by atoms with van der Waals surface area (Å²) in [5.74, 6) is -0.305. The molecule has 0 fully saturated rings. The largest absolute Gasteiger partial charge is 0.458 e. The molecule has 1 aliphatic rings. The van der Waals surface area contributed by atoms with Gasteiger partial charge in [-0.25, -0.2) is 9.59 Å². The molecule has 5 atom stereocenters. The number of hydrogen-bond donors (Lipinski definition) is 4. The van der Waals surface area contributed by atoms with Gasteiger partial charge in [0.05, 0.1) is 6.10 Å². The van der Waals surface area contributed by atoms with Crippen LogP contribution in [0.1, 0.15) is 79.6 Å². The molecule has 0 aromatic heterocycles. The van der Waals surface area contributed by atoms with E-state index in [0.717, 1.165) is 11.1 Å². The molecule has 234 valence electrons. The van der Waals surface area contributed by atoms with Gasteiger partial charge in [-0.05, 0) is 57.9 Å². The molecule has 1 aliphatic heterocycles. The number of aliphatic hydroxyl groups excluding tert-OH is 2. The second-order valence-electron chi connectivity index (χ2n) is 11.2. The van der Waals surface area contributed by atoms with Gasteiger partial charge < -0.3 is 30.7 Å². The predicted octanol–water partition coefficient (Wildman–Crippen LogP) is 5.31. The molecule has 0 saturated heterocycles. The van der Waals surface area contributed by atoms with E-state index >= 15 is 0 Å². The number of carbonyl (C=O) groups excluding carboxylic acids is 3. The van der Waals surface area contributed by atoms with Crippen molar-refractivity contribution >= 4 is 18.0 Å². The zero-order valence-corrected chi connectivity index (χ0v) is 25.7. The van der Waals surface area contributed by atoms with E-state index < -0.39 is 36.5 Å². The first-order valence-electron chi connectivity index (χ1n) is 14.7. The highest BCUT2D eigenvalue weighted by atomic mass is 16.6. The number of rotatable bonds is 7. The quantitative estimate of drug-likeness (QED) is 0.179. The maximum atomic E-state index is 12.7. The topological polar surface area (TPSA) is 148 Å². The predicted molar refractivity (Wildman–Crippen MR) is 165 cm³/mol. The van der Waals surface area contributed by atoms with Gasteiger partial charge in [0, 0.05) is 31.0 Å². The second kappa shape index (κ2) is 20.4. The van der Waals surface area contributed by atoms with Gasteiger partial charge in [0.15, 0.2) is 0 Å². The number of hydrogen-bond acceptors (Lipinski definition) is 7. The maximum absolute atomic E-state index is 12.7. The minimum Gasteiger partial charge on any atom is -0.458 e. The first kappa shape index (κ1) is 36.6. The van der Waals surface area contributed by atoms with Gasteiger partial charge in [-0.3, -0.25) is 4.79 Å². The van der Waals surface area contributed by atoms with Crippen molar-refractivity contribution in [3.8, 4) is 0 Å². The summed E-state index contributed by atoms with van der Waals surface area (Å²) in [6, 6.07) is 0. The lowest BCUT2D eigenvalue weighted by molar-refractivity contribution is -0.144. The third-order valence-corrected chi connectivity index (χ3v) is 6.53. The second-order valence-corrected chi connectivity index (χ2v) is 11.2. The summed E-state index contributed by atoms with van der Waals surface area (Å²) in [5.41, 5.74) is 7.10. The summed E-state index contributed by atoms with van der Waals surface area (Å²) >= 11 is 0. The Morgan fingerprint density at radius 1 is 1.17 bits per heavy atom. The number of primary amides is 1. The molecular weight excluding hydrogens is 536 g/mol. The Bertz CT molecular complexity index is 1040. The van der Waals surface area contributed by atoms with E-state index in [1.54, 1.807) is 12.3 Å². The molecule has 9 heteroatoms. The molecule has 0 bridgehead atoms. The van der Waals surface area contributed by atoms with Crippen molar-refractivity contribution in [1.29, 1.82) is 0 Å². The number of allylic oxidation sites excluding steroid dienone is 6. The van der Waals surface area contributed by atoms with Crippen molar-refractivity contribution in [3.05, 3.63) is 72.0 Å². The number of carbonyl (C=O) groups is 3. The molecule has 1 rings (SSSR count). The van der Waals surface area contributed by atoms with E-state index in [2.05, 4.69) is 5.32 Å². The zero-order valence-electron chi connectivity index (χ0n) is 25.7. The fourth-order valence-corrected chi connectivity index (χ4v) is 4.31. The molecular formula is C33H50N2O7. The minimum atomic E-state index is -1.11. The monoisotopic (exact) mass is 586 g/mol. The molecule has 0 spiro atoms. The number of cyclic esters (lactones) is 1. The molecule has 42 heavy (non-hydrogen) atoms. The molecule has 0 saturated carbocycles. The van der Waals surface area contributed by atoms with Crippen LogP contribution in [0.3, 0.4) is 0 Å². The van der Waals surface area contributed by atoms with E-state index in [0.29, 0.717) is 44.9 Å².